The Hall–Kier alpha value is -2.69. The van der Waals surface area contributed by atoms with Crippen molar-refractivity contribution in [1.82, 2.24) is 4.90 Å². The highest BCUT2D eigenvalue weighted by Crippen LogP contribution is 2.29. The summed E-state index contributed by atoms with van der Waals surface area (Å²) in [4.78, 5) is 17.2. The highest BCUT2D eigenvalue weighted by molar-refractivity contribution is 5.95. The molecule has 144 valence electrons. The van der Waals surface area contributed by atoms with Crippen molar-refractivity contribution in [2.45, 2.75) is 19.8 Å². The Kier molecular flexibility index (Phi) is 5.89. The predicted molar refractivity (Wildman–Crippen MR) is 108 cm³/mol. The molecule has 5 heteroatoms. The van der Waals surface area contributed by atoms with E-state index in [4.69, 9.17) is 9.47 Å². The predicted octanol–water partition coefficient (Wildman–Crippen LogP) is 3.79. The Bertz CT molecular complexity index is 774. The van der Waals surface area contributed by atoms with Gasteiger partial charge < -0.3 is 19.3 Å². The Balaban J connectivity index is 1.72. The number of piperazine rings is 1. The zero-order chi connectivity index (χ0) is 19.4. The number of hydrogen-bond acceptors (Lipinski definition) is 4. The Morgan fingerprint density at radius 3 is 2.07 bits per heavy atom. The fraction of sp³-hybridized carbons (Fsp3) is 0.409. The van der Waals surface area contributed by atoms with Gasteiger partial charge >= 0.3 is 0 Å². The summed E-state index contributed by atoms with van der Waals surface area (Å²) >= 11 is 0. The summed E-state index contributed by atoms with van der Waals surface area (Å²) in [5, 5.41) is 0. The van der Waals surface area contributed by atoms with E-state index in [9.17, 15) is 4.79 Å². The van der Waals surface area contributed by atoms with Gasteiger partial charge in [-0.2, -0.15) is 0 Å². The number of methoxy groups -OCH3 is 2. The van der Waals surface area contributed by atoms with Gasteiger partial charge in [0.05, 0.1) is 14.2 Å². The van der Waals surface area contributed by atoms with Crippen LogP contribution in [0.4, 0.5) is 5.69 Å². The Morgan fingerprint density at radius 2 is 1.52 bits per heavy atom. The molecule has 1 heterocycles. The van der Waals surface area contributed by atoms with Gasteiger partial charge in [-0.05, 0) is 29.7 Å². The van der Waals surface area contributed by atoms with Gasteiger partial charge in [0.15, 0.2) is 0 Å². The van der Waals surface area contributed by atoms with E-state index in [-0.39, 0.29) is 5.91 Å². The molecule has 1 amide bonds. The van der Waals surface area contributed by atoms with Gasteiger partial charge in [-0.1, -0.05) is 32.0 Å². The fourth-order valence-electron chi connectivity index (χ4n) is 3.53. The normalized spacial score (nSPS) is 14.4. The molecule has 0 spiro atoms. The monoisotopic (exact) mass is 368 g/mol. The summed E-state index contributed by atoms with van der Waals surface area (Å²) in [7, 11) is 3.18. The summed E-state index contributed by atoms with van der Waals surface area (Å²) in [6.07, 6.45) is 0. The number of amides is 1. The highest BCUT2D eigenvalue weighted by Gasteiger charge is 2.24. The first-order chi connectivity index (χ1) is 13.0. The summed E-state index contributed by atoms with van der Waals surface area (Å²) in [6.45, 7) is 7.49. The average Bonchev–Trinajstić information content (AvgIpc) is 2.72. The number of hydrogen-bond donors (Lipinski definition) is 0. The van der Waals surface area contributed by atoms with Gasteiger partial charge in [0.1, 0.15) is 11.5 Å². The van der Waals surface area contributed by atoms with Crippen LogP contribution < -0.4 is 14.4 Å². The van der Waals surface area contributed by atoms with E-state index in [1.165, 1.54) is 11.3 Å². The molecular weight excluding hydrogens is 340 g/mol. The van der Waals surface area contributed by atoms with E-state index in [1.807, 2.05) is 4.90 Å². The lowest BCUT2D eigenvalue weighted by atomic mass is 10.00. The van der Waals surface area contributed by atoms with Crippen LogP contribution in [0.2, 0.25) is 0 Å². The molecule has 1 fully saturated rings. The first-order valence-electron chi connectivity index (χ1n) is 9.39. The number of rotatable bonds is 5. The first kappa shape index (κ1) is 19.1. The third-order valence-electron chi connectivity index (χ3n) is 5.06. The van der Waals surface area contributed by atoms with E-state index in [0.29, 0.717) is 36.1 Å². The molecule has 2 aromatic carbocycles. The summed E-state index contributed by atoms with van der Waals surface area (Å²) < 4.78 is 10.6. The molecule has 3 rings (SSSR count). The van der Waals surface area contributed by atoms with E-state index in [0.717, 1.165) is 13.1 Å². The summed E-state index contributed by atoms with van der Waals surface area (Å²) in [6, 6.07) is 13.9. The van der Waals surface area contributed by atoms with Crippen LogP contribution in [-0.2, 0) is 0 Å². The molecule has 0 N–H and O–H groups in total. The van der Waals surface area contributed by atoms with Crippen LogP contribution in [0, 0.1) is 0 Å². The van der Waals surface area contributed by atoms with Crippen LogP contribution in [-0.4, -0.2) is 51.2 Å². The molecule has 0 bridgehead atoms. The first-order valence-corrected chi connectivity index (χ1v) is 9.39. The maximum atomic E-state index is 13.0. The molecule has 5 nitrogen and oxygen atoms in total. The molecule has 1 saturated heterocycles. The van der Waals surface area contributed by atoms with E-state index < -0.39 is 0 Å². The molecule has 0 unspecified atom stereocenters. The number of anilines is 1. The smallest absolute Gasteiger partial charge is 0.254 e. The zero-order valence-corrected chi connectivity index (χ0v) is 16.6. The lowest BCUT2D eigenvalue weighted by Gasteiger charge is -2.37. The maximum absolute atomic E-state index is 13.0. The lowest BCUT2D eigenvalue weighted by molar-refractivity contribution is 0.0746. The number of para-hydroxylation sites is 1. The minimum absolute atomic E-state index is 0.0176. The van der Waals surface area contributed by atoms with Crippen LogP contribution in [0.15, 0.2) is 42.5 Å². The van der Waals surface area contributed by atoms with Crippen molar-refractivity contribution in [3.8, 4) is 11.5 Å². The van der Waals surface area contributed by atoms with Crippen LogP contribution >= 0.6 is 0 Å². The zero-order valence-electron chi connectivity index (χ0n) is 16.6. The number of nitrogens with zero attached hydrogens (tertiary/aromatic N) is 2. The molecule has 0 aromatic heterocycles. The summed E-state index contributed by atoms with van der Waals surface area (Å²) in [5.74, 6) is 1.75. The molecule has 1 aliphatic heterocycles. The van der Waals surface area contributed by atoms with E-state index in [1.54, 1.807) is 32.4 Å². The molecule has 27 heavy (non-hydrogen) atoms. The number of ether oxygens (including phenoxy) is 2. The SMILES string of the molecule is COc1cc(OC)cc(C(=O)N2CCN(c3ccccc3C(C)C)CC2)c1. The number of carbonyl (C=O) groups excluding carboxylic acids is 1. The van der Waals surface area contributed by atoms with Crippen molar-refractivity contribution in [2.75, 3.05) is 45.3 Å². The topological polar surface area (TPSA) is 42.0 Å². The Labute approximate surface area is 161 Å². The largest absolute Gasteiger partial charge is 0.497 e. The maximum Gasteiger partial charge on any atom is 0.254 e. The van der Waals surface area contributed by atoms with Gasteiger partial charge in [0.2, 0.25) is 0 Å². The molecular formula is C22H28N2O3. The number of benzene rings is 2. The molecule has 0 saturated carbocycles. The van der Waals surface area contributed by atoms with Gasteiger partial charge in [0, 0.05) is 43.5 Å². The average molecular weight is 368 g/mol. The molecule has 0 radical (unpaired) electrons. The molecule has 1 aliphatic rings. The third kappa shape index (κ3) is 4.18. The third-order valence-corrected chi connectivity index (χ3v) is 5.06. The quantitative estimate of drug-likeness (QED) is 0.805. The lowest BCUT2D eigenvalue weighted by Crippen LogP contribution is -2.49. The summed E-state index contributed by atoms with van der Waals surface area (Å²) in [5.41, 5.74) is 3.24. The van der Waals surface area contributed by atoms with Crippen LogP contribution in [0.5, 0.6) is 11.5 Å². The van der Waals surface area contributed by atoms with Gasteiger partial charge in [-0.15, -0.1) is 0 Å². The molecule has 0 atom stereocenters. The standard InChI is InChI=1S/C22H28N2O3/c1-16(2)20-7-5-6-8-21(20)23-9-11-24(12-10-23)22(25)17-13-18(26-3)15-19(14-17)27-4/h5-8,13-16H,9-12H2,1-4H3. The minimum atomic E-state index is 0.0176. The van der Waals surface area contributed by atoms with E-state index >= 15 is 0 Å². The Morgan fingerprint density at radius 1 is 0.926 bits per heavy atom. The second-order valence-electron chi connectivity index (χ2n) is 7.09. The molecule has 2 aromatic rings. The van der Waals surface area contributed by atoms with Gasteiger partial charge in [0.25, 0.3) is 5.91 Å². The second-order valence-corrected chi connectivity index (χ2v) is 7.09. The van der Waals surface area contributed by atoms with Crippen molar-refractivity contribution >= 4 is 11.6 Å². The van der Waals surface area contributed by atoms with Crippen molar-refractivity contribution in [1.29, 1.82) is 0 Å². The highest BCUT2D eigenvalue weighted by atomic mass is 16.5. The molecule has 0 aliphatic carbocycles. The van der Waals surface area contributed by atoms with Crippen molar-refractivity contribution < 1.29 is 14.3 Å². The minimum Gasteiger partial charge on any atom is -0.497 e. The van der Waals surface area contributed by atoms with Crippen molar-refractivity contribution in [3.05, 3.63) is 53.6 Å². The van der Waals surface area contributed by atoms with E-state index in [2.05, 4.69) is 43.0 Å². The van der Waals surface area contributed by atoms with Crippen molar-refractivity contribution in [2.24, 2.45) is 0 Å². The number of carbonyl (C=O) groups is 1. The van der Waals surface area contributed by atoms with Gasteiger partial charge in [-0.3, -0.25) is 4.79 Å². The van der Waals surface area contributed by atoms with Crippen LogP contribution in [0.1, 0.15) is 35.7 Å². The van der Waals surface area contributed by atoms with Crippen LogP contribution in [0.3, 0.4) is 0 Å². The van der Waals surface area contributed by atoms with Crippen molar-refractivity contribution in [3.63, 3.8) is 0 Å². The van der Waals surface area contributed by atoms with Crippen LogP contribution in [0.25, 0.3) is 0 Å². The van der Waals surface area contributed by atoms with Gasteiger partial charge in [-0.25, -0.2) is 0 Å². The fourth-order valence-corrected chi connectivity index (χ4v) is 3.53. The second kappa shape index (κ2) is 8.33.